The molecule has 4 nitrogen and oxygen atoms in total. The summed E-state index contributed by atoms with van der Waals surface area (Å²) >= 11 is 0. The van der Waals surface area contributed by atoms with Gasteiger partial charge in [-0.3, -0.25) is 0 Å². The van der Waals surface area contributed by atoms with Crippen LogP contribution < -0.4 is 0 Å². The summed E-state index contributed by atoms with van der Waals surface area (Å²) in [5.41, 5.74) is 5.28. The van der Waals surface area contributed by atoms with Crippen molar-refractivity contribution in [2.24, 2.45) is 9.98 Å². The fourth-order valence-corrected chi connectivity index (χ4v) is 4.18. The van der Waals surface area contributed by atoms with E-state index in [0.717, 1.165) is 43.8 Å². The van der Waals surface area contributed by atoms with Crippen molar-refractivity contribution in [3.05, 3.63) is 71.8 Å². The Morgan fingerprint density at radius 2 is 0.941 bits per heavy atom. The predicted molar refractivity (Wildman–Crippen MR) is 140 cm³/mol. The van der Waals surface area contributed by atoms with Gasteiger partial charge in [-0.1, -0.05) is 77.9 Å². The zero-order valence-corrected chi connectivity index (χ0v) is 20.5. The topological polar surface area (TPSA) is 58.9 Å². The van der Waals surface area contributed by atoms with Crippen LogP contribution in [0.25, 0.3) is 32.7 Å². The maximum Gasteiger partial charge on any atom is 0.240 e. The van der Waals surface area contributed by atoms with Gasteiger partial charge in [-0.25, -0.2) is 9.59 Å². The van der Waals surface area contributed by atoms with Crippen molar-refractivity contribution in [3.63, 3.8) is 0 Å². The molecule has 0 aliphatic heterocycles. The lowest BCUT2D eigenvalue weighted by Gasteiger charge is -2.21. The first-order valence-electron chi connectivity index (χ1n) is 11.3. The second-order valence-corrected chi connectivity index (χ2v) is 10.8. The van der Waals surface area contributed by atoms with Crippen LogP contribution in [0.1, 0.15) is 52.7 Å². The first kappa shape index (κ1) is 23.3. The first-order valence-corrected chi connectivity index (χ1v) is 11.3. The smallest absolute Gasteiger partial charge is 0.211 e. The lowest BCUT2D eigenvalue weighted by Crippen LogP contribution is -2.10. The van der Waals surface area contributed by atoms with Gasteiger partial charge >= 0.3 is 0 Å². The van der Waals surface area contributed by atoms with Gasteiger partial charge in [0.25, 0.3) is 0 Å². The molecule has 0 aromatic heterocycles. The summed E-state index contributed by atoms with van der Waals surface area (Å²) in [7, 11) is 0. The van der Waals surface area contributed by atoms with Crippen LogP contribution in [0.5, 0.6) is 0 Å². The van der Waals surface area contributed by atoms with Gasteiger partial charge in [0.15, 0.2) is 0 Å². The average molecular weight is 449 g/mol. The summed E-state index contributed by atoms with van der Waals surface area (Å²) in [6.45, 7) is 12.8. The Labute approximate surface area is 200 Å². The maximum absolute atomic E-state index is 11.1. The van der Waals surface area contributed by atoms with Crippen LogP contribution in [0.2, 0.25) is 0 Å². The van der Waals surface area contributed by atoms with Gasteiger partial charge in [-0.15, -0.1) is 0 Å². The van der Waals surface area contributed by atoms with E-state index in [0.29, 0.717) is 11.4 Å². The zero-order valence-electron chi connectivity index (χ0n) is 20.5. The van der Waals surface area contributed by atoms with Crippen LogP contribution in [-0.2, 0) is 20.4 Å². The molecule has 0 aliphatic carbocycles. The van der Waals surface area contributed by atoms with Crippen molar-refractivity contribution in [1.82, 2.24) is 0 Å². The van der Waals surface area contributed by atoms with E-state index in [1.54, 1.807) is 12.2 Å². The Morgan fingerprint density at radius 3 is 1.26 bits per heavy atom. The molecule has 4 rings (SSSR count). The monoisotopic (exact) mass is 448 g/mol. The van der Waals surface area contributed by atoms with E-state index < -0.39 is 0 Å². The van der Waals surface area contributed by atoms with Gasteiger partial charge in [0.2, 0.25) is 12.2 Å². The molecule has 0 fully saturated rings. The molecule has 0 amide bonds. The summed E-state index contributed by atoms with van der Waals surface area (Å²) in [5, 5.41) is 3.82. The van der Waals surface area contributed by atoms with E-state index >= 15 is 0 Å². The van der Waals surface area contributed by atoms with Crippen molar-refractivity contribution >= 4 is 45.1 Å². The lowest BCUT2D eigenvalue weighted by molar-refractivity contribution is 0.564. The summed E-state index contributed by atoms with van der Waals surface area (Å²) in [6, 6.07) is 20.6. The number of hydrogen-bond acceptors (Lipinski definition) is 4. The fraction of sp³-hybridized carbons (Fsp3) is 0.267. The highest BCUT2D eigenvalue weighted by Crippen LogP contribution is 2.38. The molecule has 0 spiro atoms. The number of aliphatic imine (C=N–C) groups is 2. The van der Waals surface area contributed by atoms with Crippen LogP contribution in [0, 0.1) is 0 Å². The Morgan fingerprint density at radius 1 is 0.559 bits per heavy atom. The van der Waals surface area contributed by atoms with E-state index in [-0.39, 0.29) is 10.8 Å². The maximum atomic E-state index is 11.1. The number of benzene rings is 4. The highest BCUT2D eigenvalue weighted by molar-refractivity contribution is 6.00. The van der Waals surface area contributed by atoms with Crippen LogP contribution in [0.15, 0.2) is 70.6 Å². The average Bonchev–Trinajstić information content (AvgIpc) is 2.77. The molecule has 0 radical (unpaired) electrons. The van der Waals surface area contributed by atoms with Crippen LogP contribution in [0.4, 0.5) is 11.4 Å². The Balaban J connectivity index is 1.93. The van der Waals surface area contributed by atoms with Crippen molar-refractivity contribution in [2.75, 3.05) is 0 Å². The minimum Gasteiger partial charge on any atom is -0.211 e. The molecule has 0 unspecified atom stereocenters. The molecule has 0 atom stereocenters. The summed E-state index contributed by atoms with van der Waals surface area (Å²) in [4.78, 5) is 30.3. The lowest BCUT2D eigenvalue weighted by atomic mass is 9.84. The number of isocyanates is 2. The fourth-order valence-electron chi connectivity index (χ4n) is 4.18. The number of nitrogens with zero attached hydrogens (tertiary/aromatic N) is 2. The molecular formula is C30H28N2O2. The second-order valence-electron chi connectivity index (χ2n) is 10.8. The highest BCUT2D eigenvalue weighted by Gasteiger charge is 2.18. The van der Waals surface area contributed by atoms with Gasteiger partial charge in [0, 0.05) is 10.8 Å². The predicted octanol–water partition coefficient (Wildman–Crippen LogP) is 8.19. The SMILES string of the molecule is CC(C)(C)c1cc(N=C=O)c2cc(-c3ccc4cc(C(C)(C)C)cc(N=C=O)c4c3)ccc2c1. The summed E-state index contributed by atoms with van der Waals surface area (Å²) in [5.74, 6) is 0. The number of hydrogen-bond donors (Lipinski definition) is 0. The molecule has 4 aromatic rings. The Hall–Kier alpha value is -3.84. The number of carbonyl (C=O) groups excluding carboxylic acids is 2. The summed E-state index contributed by atoms with van der Waals surface area (Å²) < 4.78 is 0. The first-order chi connectivity index (χ1) is 16.0. The molecule has 0 saturated heterocycles. The number of fused-ring (bicyclic) bond motifs is 2. The van der Waals surface area contributed by atoms with Crippen LogP contribution in [0.3, 0.4) is 0 Å². The Bertz CT molecular complexity index is 1400. The van der Waals surface area contributed by atoms with E-state index in [1.165, 1.54) is 0 Å². The summed E-state index contributed by atoms with van der Waals surface area (Å²) in [6.07, 6.45) is 3.41. The van der Waals surface area contributed by atoms with Crippen LogP contribution >= 0.6 is 0 Å². The van der Waals surface area contributed by atoms with Gasteiger partial charge in [-0.05, 0) is 68.1 Å². The Kier molecular flexibility index (Phi) is 5.83. The largest absolute Gasteiger partial charge is 0.240 e. The third-order valence-electron chi connectivity index (χ3n) is 6.26. The molecule has 170 valence electrons. The van der Waals surface area contributed by atoms with E-state index in [1.807, 2.05) is 24.3 Å². The van der Waals surface area contributed by atoms with E-state index in [2.05, 4.69) is 87.9 Å². The normalized spacial score (nSPS) is 11.8. The minimum atomic E-state index is -0.0697. The quantitative estimate of drug-likeness (QED) is 0.234. The standard InChI is InChI=1S/C30H28N2O2/c1-29(2,3)23-11-21-9-7-19(13-25(21)27(15-23)31-17-33)20-8-10-22-12-24(30(4,5)6)16-28(32-18-34)26(22)14-20/h7-16H,1-6H3. The highest BCUT2D eigenvalue weighted by atomic mass is 16.1. The molecule has 0 bridgehead atoms. The van der Waals surface area contributed by atoms with Gasteiger partial charge in [0.05, 0.1) is 11.4 Å². The molecule has 0 saturated carbocycles. The molecule has 4 aromatic carbocycles. The molecule has 4 heteroatoms. The molecular weight excluding hydrogens is 420 g/mol. The zero-order chi connectivity index (χ0) is 24.7. The molecule has 34 heavy (non-hydrogen) atoms. The minimum absolute atomic E-state index is 0.0697. The van der Waals surface area contributed by atoms with E-state index in [4.69, 9.17) is 0 Å². The van der Waals surface area contributed by atoms with Gasteiger partial charge < -0.3 is 0 Å². The van der Waals surface area contributed by atoms with Crippen molar-refractivity contribution in [1.29, 1.82) is 0 Å². The molecule has 0 N–H and O–H groups in total. The van der Waals surface area contributed by atoms with Crippen molar-refractivity contribution in [3.8, 4) is 11.1 Å². The van der Waals surface area contributed by atoms with Gasteiger partial charge in [-0.2, -0.15) is 9.98 Å². The van der Waals surface area contributed by atoms with E-state index in [9.17, 15) is 9.59 Å². The van der Waals surface area contributed by atoms with Gasteiger partial charge in [0.1, 0.15) is 0 Å². The number of rotatable bonds is 3. The third-order valence-corrected chi connectivity index (χ3v) is 6.26. The molecule has 0 aliphatic rings. The molecule has 0 heterocycles. The second kappa shape index (κ2) is 8.50. The van der Waals surface area contributed by atoms with Crippen molar-refractivity contribution in [2.45, 2.75) is 52.4 Å². The van der Waals surface area contributed by atoms with Crippen LogP contribution in [-0.4, -0.2) is 12.2 Å². The third kappa shape index (κ3) is 4.47. The van der Waals surface area contributed by atoms with Crippen molar-refractivity contribution < 1.29 is 9.59 Å².